The van der Waals surface area contributed by atoms with E-state index in [0.29, 0.717) is 5.69 Å². The zero-order valence-electron chi connectivity index (χ0n) is 10.7. The van der Waals surface area contributed by atoms with Crippen LogP contribution in [0, 0.1) is 5.92 Å². The molecule has 0 bridgehead atoms. The molecule has 0 aliphatic heterocycles. The van der Waals surface area contributed by atoms with Crippen LogP contribution >= 0.6 is 0 Å². The molecule has 1 saturated carbocycles. The lowest BCUT2D eigenvalue weighted by molar-refractivity contribution is -0.155. The normalized spacial score (nSPS) is 19.9. The molecular weight excluding hydrogens is 233 g/mol. The van der Waals surface area contributed by atoms with Gasteiger partial charge in [-0.05, 0) is 43.4 Å². The number of anilines is 1. The Morgan fingerprint density at radius 3 is 2.72 bits per heavy atom. The van der Waals surface area contributed by atoms with Crippen LogP contribution in [0.15, 0.2) is 24.3 Å². The van der Waals surface area contributed by atoms with Gasteiger partial charge in [0.15, 0.2) is 0 Å². The van der Waals surface area contributed by atoms with Crippen molar-refractivity contribution in [1.29, 1.82) is 0 Å². The fraction of sp³-hybridized carbons (Fsp3) is 0.500. The molecule has 18 heavy (non-hydrogen) atoms. The highest BCUT2D eigenvalue weighted by Crippen LogP contribution is 2.50. The Hall–Kier alpha value is -1.58. The number of esters is 1. The van der Waals surface area contributed by atoms with Gasteiger partial charge in [0.05, 0.1) is 7.11 Å². The number of ether oxygens (including phenoxy) is 1. The number of hydrogen-bond acceptors (Lipinski definition) is 3. The number of halogens is 1. The van der Waals surface area contributed by atoms with Crippen LogP contribution < -0.4 is 5.73 Å². The topological polar surface area (TPSA) is 52.3 Å². The van der Waals surface area contributed by atoms with Gasteiger partial charge >= 0.3 is 5.97 Å². The molecule has 2 rings (SSSR count). The molecule has 1 aromatic rings. The van der Waals surface area contributed by atoms with E-state index in [4.69, 9.17) is 5.73 Å². The van der Waals surface area contributed by atoms with Crippen molar-refractivity contribution in [3.8, 4) is 0 Å². The molecule has 0 spiro atoms. The number of hydrogen-bond donors (Lipinski definition) is 1. The minimum Gasteiger partial charge on any atom is -0.467 e. The van der Waals surface area contributed by atoms with Crippen LogP contribution in [0.5, 0.6) is 0 Å². The van der Waals surface area contributed by atoms with Crippen LogP contribution in [0.4, 0.5) is 10.1 Å². The summed E-state index contributed by atoms with van der Waals surface area (Å²) in [6.45, 7) is 1.30. The zero-order valence-corrected chi connectivity index (χ0v) is 10.7. The summed E-state index contributed by atoms with van der Waals surface area (Å²) in [5.41, 5.74) is 5.07. The number of benzene rings is 1. The number of carbonyl (C=O) groups is 1. The van der Waals surface area contributed by atoms with Crippen LogP contribution in [-0.2, 0) is 9.53 Å². The van der Waals surface area contributed by atoms with Crippen molar-refractivity contribution in [2.45, 2.75) is 31.4 Å². The maximum Gasteiger partial charge on any atom is 0.343 e. The van der Waals surface area contributed by atoms with Gasteiger partial charge in [0.1, 0.15) is 0 Å². The lowest BCUT2D eigenvalue weighted by Gasteiger charge is -2.28. The Morgan fingerprint density at radius 2 is 2.22 bits per heavy atom. The first kappa shape index (κ1) is 12.9. The smallest absolute Gasteiger partial charge is 0.343 e. The van der Waals surface area contributed by atoms with E-state index in [1.807, 2.05) is 6.07 Å². The Kier molecular flexibility index (Phi) is 3.28. The summed E-state index contributed by atoms with van der Waals surface area (Å²) in [5, 5.41) is 0. The van der Waals surface area contributed by atoms with Crippen molar-refractivity contribution in [2.75, 3.05) is 12.8 Å². The molecule has 0 radical (unpaired) electrons. The Labute approximate surface area is 106 Å². The molecular formula is C14H18FNO2. The molecule has 98 valence electrons. The van der Waals surface area contributed by atoms with Crippen LogP contribution in [-0.4, -0.2) is 18.7 Å². The molecule has 4 heteroatoms. The van der Waals surface area contributed by atoms with Gasteiger partial charge in [0.2, 0.25) is 5.67 Å². The van der Waals surface area contributed by atoms with Crippen molar-refractivity contribution < 1.29 is 13.9 Å². The lowest BCUT2D eigenvalue weighted by atomic mass is 9.81. The summed E-state index contributed by atoms with van der Waals surface area (Å²) in [4.78, 5) is 11.6. The SMILES string of the molecule is COC(=O)C(C)(F)C(c1cccc(N)c1)C1CC1. The first-order chi connectivity index (χ1) is 8.46. The molecule has 0 heterocycles. The van der Waals surface area contributed by atoms with Crippen LogP contribution in [0.3, 0.4) is 0 Å². The zero-order chi connectivity index (χ0) is 13.3. The average Bonchev–Trinajstić information content (AvgIpc) is 3.12. The van der Waals surface area contributed by atoms with E-state index >= 15 is 0 Å². The van der Waals surface area contributed by atoms with E-state index in [9.17, 15) is 9.18 Å². The van der Waals surface area contributed by atoms with Gasteiger partial charge in [-0.2, -0.15) is 0 Å². The van der Waals surface area contributed by atoms with Crippen molar-refractivity contribution in [3.05, 3.63) is 29.8 Å². The standard InChI is InChI=1S/C14H18FNO2/c1-14(15,13(17)18-2)12(9-6-7-9)10-4-3-5-11(16)8-10/h3-5,8-9,12H,6-7,16H2,1-2H3. The number of nitrogens with two attached hydrogens (primary N) is 1. The van der Waals surface area contributed by atoms with E-state index in [2.05, 4.69) is 4.74 Å². The predicted octanol–water partition coefficient (Wildman–Crippen LogP) is 2.66. The van der Waals surface area contributed by atoms with E-state index in [1.165, 1.54) is 14.0 Å². The van der Waals surface area contributed by atoms with Gasteiger partial charge in [-0.3, -0.25) is 0 Å². The second-order valence-corrected chi connectivity index (χ2v) is 5.05. The fourth-order valence-electron chi connectivity index (χ4n) is 2.54. The summed E-state index contributed by atoms with van der Waals surface area (Å²) in [7, 11) is 1.21. The van der Waals surface area contributed by atoms with E-state index < -0.39 is 17.6 Å². The van der Waals surface area contributed by atoms with Crippen molar-refractivity contribution in [3.63, 3.8) is 0 Å². The molecule has 1 fully saturated rings. The first-order valence-electron chi connectivity index (χ1n) is 6.09. The first-order valence-corrected chi connectivity index (χ1v) is 6.09. The third-order valence-corrected chi connectivity index (χ3v) is 3.53. The third kappa shape index (κ3) is 2.33. The molecule has 1 aliphatic carbocycles. The van der Waals surface area contributed by atoms with E-state index in [0.717, 1.165) is 18.4 Å². The summed E-state index contributed by atoms with van der Waals surface area (Å²) < 4.78 is 19.3. The fourth-order valence-corrected chi connectivity index (χ4v) is 2.54. The molecule has 1 aromatic carbocycles. The molecule has 0 aromatic heterocycles. The predicted molar refractivity (Wildman–Crippen MR) is 67.8 cm³/mol. The Balaban J connectivity index is 2.37. The molecule has 1 aliphatic rings. The molecule has 2 N–H and O–H groups in total. The van der Waals surface area contributed by atoms with Crippen LogP contribution in [0.1, 0.15) is 31.2 Å². The summed E-state index contributed by atoms with van der Waals surface area (Å²) >= 11 is 0. The maximum atomic E-state index is 14.7. The number of methoxy groups -OCH3 is 1. The quantitative estimate of drug-likeness (QED) is 0.661. The highest BCUT2D eigenvalue weighted by atomic mass is 19.1. The van der Waals surface area contributed by atoms with E-state index in [-0.39, 0.29) is 5.92 Å². The van der Waals surface area contributed by atoms with E-state index in [1.54, 1.807) is 18.2 Å². The minimum absolute atomic E-state index is 0.195. The highest BCUT2D eigenvalue weighted by molar-refractivity contribution is 5.80. The van der Waals surface area contributed by atoms with Crippen molar-refractivity contribution in [1.82, 2.24) is 0 Å². The van der Waals surface area contributed by atoms with Crippen molar-refractivity contribution >= 4 is 11.7 Å². The molecule has 0 saturated heterocycles. The van der Waals surface area contributed by atoms with Crippen molar-refractivity contribution in [2.24, 2.45) is 5.92 Å². The van der Waals surface area contributed by atoms with Gasteiger partial charge in [-0.25, -0.2) is 9.18 Å². The van der Waals surface area contributed by atoms with Gasteiger partial charge in [-0.15, -0.1) is 0 Å². The number of carbonyl (C=O) groups excluding carboxylic acids is 1. The summed E-state index contributed by atoms with van der Waals surface area (Å²) in [6.07, 6.45) is 1.88. The lowest BCUT2D eigenvalue weighted by Crippen LogP contribution is -2.39. The van der Waals surface area contributed by atoms with Crippen LogP contribution in [0.25, 0.3) is 0 Å². The maximum absolute atomic E-state index is 14.7. The third-order valence-electron chi connectivity index (χ3n) is 3.53. The Morgan fingerprint density at radius 1 is 1.56 bits per heavy atom. The van der Waals surface area contributed by atoms with Gasteiger partial charge in [-0.1, -0.05) is 12.1 Å². The monoisotopic (exact) mass is 251 g/mol. The van der Waals surface area contributed by atoms with Gasteiger partial charge in [0.25, 0.3) is 0 Å². The number of alkyl halides is 1. The van der Waals surface area contributed by atoms with Crippen LogP contribution in [0.2, 0.25) is 0 Å². The number of nitrogen functional groups attached to an aromatic ring is 1. The molecule has 0 amide bonds. The molecule has 3 nitrogen and oxygen atoms in total. The second kappa shape index (κ2) is 4.59. The highest BCUT2D eigenvalue weighted by Gasteiger charge is 2.50. The minimum atomic E-state index is -2.01. The molecule has 2 atom stereocenters. The summed E-state index contributed by atoms with van der Waals surface area (Å²) in [6, 6.07) is 7.10. The Bertz CT molecular complexity index is 455. The number of rotatable bonds is 4. The average molecular weight is 251 g/mol. The largest absolute Gasteiger partial charge is 0.467 e. The van der Waals surface area contributed by atoms with Gasteiger partial charge in [0, 0.05) is 11.6 Å². The molecule has 2 unspecified atom stereocenters. The summed E-state index contributed by atoms with van der Waals surface area (Å²) in [5.74, 6) is -1.10. The second-order valence-electron chi connectivity index (χ2n) is 5.05. The van der Waals surface area contributed by atoms with Gasteiger partial charge < -0.3 is 10.5 Å².